The Balaban J connectivity index is 1.94. The van der Waals surface area contributed by atoms with Gasteiger partial charge in [-0.1, -0.05) is 12.8 Å². The van der Waals surface area contributed by atoms with Gasteiger partial charge in [0.25, 0.3) is 0 Å². The van der Waals surface area contributed by atoms with E-state index in [1.165, 1.54) is 19.3 Å². The smallest absolute Gasteiger partial charge is 0.450 e. The number of rotatable bonds is 1. The Morgan fingerprint density at radius 2 is 2.15 bits per heavy atom. The number of ether oxygens (including phenoxy) is 1. The molecule has 1 aliphatic carbocycles. The molecule has 0 amide bonds. The van der Waals surface area contributed by atoms with Gasteiger partial charge in [-0.2, -0.15) is 0 Å². The lowest BCUT2D eigenvalue weighted by atomic mass is 9.81. The molecule has 13 heavy (non-hydrogen) atoms. The summed E-state index contributed by atoms with van der Waals surface area (Å²) in [6.07, 6.45) is 3.41. The Morgan fingerprint density at radius 1 is 1.38 bits per heavy atom. The summed E-state index contributed by atoms with van der Waals surface area (Å²) in [6, 6.07) is 0. The van der Waals surface area contributed by atoms with E-state index in [0.29, 0.717) is 11.8 Å². The van der Waals surface area contributed by atoms with Crippen molar-refractivity contribution < 1.29 is 14.6 Å². The summed E-state index contributed by atoms with van der Waals surface area (Å²) >= 11 is 0. The highest BCUT2D eigenvalue weighted by Gasteiger charge is 2.39. The normalized spacial score (nSPS) is 38.3. The number of nitrogens with one attached hydrogen (secondary N) is 1. The lowest BCUT2D eigenvalue weighted by Crippen LogP contribution is -2.33. The van der Waals surface area contributed by atoms with Crippen LogP contribution in [-0.4, -0.2) is 24.0 Å². The van der Waals surface area contributed by atoms with Crippen molar-refractivity contribution in [3.63, 3.8) is 0 Å². The molecule has 2 N–H and O–H groups in total. The molecule has 0 spiro atoms. The zero-order valence-electron chi connectivity index (χ0n) is 7.53. The molecule has 0 aromatic carbocycles. The molecule has 3 atom stereocenters. The Morgan fingerprint density at radius 3 is 2.92 bits per heavy atom. The van der Waals surface area contributed by atoms with Gasteiger partial charge in [0.2, 0.25) is 0 Å². The Hall–Kier alpha value is -0.770. The molecule has 2 rings (SSSR count). The second-order valence-corrected chi connectivity index (χ2v) is 3.92. The van der Waals surface area contributed by atoms with Crippen LogP contribution in [-0.2, 0) is 4.74 Å². The average Bonchev–Trinajstić information content (AvgIpc) is 2.48. The van der Waals surface area contributed by atoms with E-state index < -0.39 is 6.16 Å². The molecule has 1 aliphatic heterocycles. The lowest BCUT2D eigenvalue weighted by Gasteiger charge is -2.26. The molecule has 1 saturated carbocycles. The van der Waals surface area contributed by atoms with E-state index in [1.807, 2.05) is 0 Å². The van der Waals surface area contributed by atoms with Gasteiger partial charge in [-0.25, -0.2) is 4.79 Å². The largest absolute Gasteiger partial charge is 0.507 e. The molecule has 2 fully saturated rings. The summed E-state index contributed by atoms with van der Waals surface area (Å²) in [5, 5.41) is 11.6. The van der Waals surface area contributed by atoms with Crippen molar-refractivity contribution in [2.75, 3.05) is 6.54 Å². The standard InChI is InChI=1S/C9H15NO3/c11-9(12)13-8-7-4-2-1-3-6(7)5-10-8/h6-8,10H,1-5H2,(H,11,12)/t6-,7?,8-/m1/s1. The van der Waals surface area contributed by atoms with E-state index in [-0.39, 0.29) is 6.23 Å². The fourth-order valence-electron chi connectivity index (χ4n) is 2.54. The van der Waals surface area contributed by atoms with E-state index in [1.54, 1.807) is 0 Å². The van der Waals surface area contributed by atoms with Gasteiger partial charge in [0, 0.05) is 12.5 Å². The number of hydrogen-bond donors (Lipinski definition) is 2. The number of carbonyl (C=O) groups is 1. The predicted octanol–water partition coefficient (Wildman–Crippen LogP) is 1.42. The summed E-state index contributed by atoms with van der Waals surface area (Å²) in [5.74, 6) is 1.06. The second-order valence-electron chi connectivity index (χ2n) is 3.92. The van der Waals surface area contributed by atoms with Crippen LogP contribution in [0.3, 0.4) is 0 Å². The highest BCUT2D eigenvalue weighted by molar-refractivity contribution is 5.57. The van der Waals surface area contributed by atoms with Crippen LogP contribution >= 0.6 is 0 Å². The SMILES string of the molecule is O=C(O)O[C@H]1NC[C@H]2CCCCC21. The molecule has 2 aliphatic rings. The maximum atomic E-state index is 10.4. The molecular formula is C9H15NO3. The maximum Gasteiger partial charge on any atom is 0.507 e. The zero-order chi connectivity index (χ0) is 9.26. The van der Waals surface area contributed by atoms with Crippen LogP contribution in [0.1, 0.15) is 25.7 Å². The third kappa shape index (κ3) is 1.77. The fourth-order valence-corrected chi connectivity index (χ4v) is 2.54. The van der Waals surface area contributed by atoms with Crippen LogP contribution < -0.4 is 5.32 Å². The summed E-state index contributed by atoms with van der Waals surface area (Å²) in [6.45, 7) is 0.919. The molecule has 1 heterocycles. The van der Waals surface area contributed by atoms with E-state index in [4.69, 9.17) is 9.84 Å². The minimum Gasteiger partial charge on any atom is -0.450 e. The molecule has 0 radical (unpaired) electrons. The first-order valence-electron chi connectivity index (χ1n) is 4.90. The third-order valence-electron chi connectivity index (χ3n) is 3.17. The van der Waals surface area contributed by atoms with Gasteiger partial charge in [-0.3, -0.25) is 5.32 Å². The Bertz CT molecular complexity index is 207. The Labute approximate surface area is 77.3 Å². The molecule has 0 aromatic heterocycles. The van der Waals surface area contributed by atoms with Crippen LogP contribution in [0.2, 0.25) is 0 Å². The quantitative estimate of drug-likeness (QED) is 0.606. The van der Waals surface area contributed by atoms with Crippen molar-refractivity contribution in [3.05, 3.63) is 0 Å². The van der Waals surface area contributed by atoms with Gasteiger partial charge in [0.05, 0.1) is 0 Å². The first-order chi connectivity index (χ1) is 6.27. The number of hydrogen-bond acceptors (Lipinski definition) is 3. The minimum absolute atomic E-state index is 0.247. The van der Waals surface area contributed by atoms with Gasteiger partial charge >= 0.3 is 6.16 Å². The molecule has 1 saturated heterocycles. The van der Waals surface area contributed by atoms with Crippen LogP contribution in [0.4, 0.5) is 4.79 Å². The summed E-state index contributed by atoms with van der Waals surface area (Å²) in [4.78, 5) is 10.4. The van der Waals surface area contributed by atoms with Crippen LogP contribution in [0, 0.1) is 11.8 Å². The Kier molecular flexibility index (Phi) is 2.40. The van der Waals surface area contributed by atoms with Crippen LogP contribution in [0.25, 0.3) is 0 Å². The van der Waals surface area contributed by atoms with Crippen molar-refractivity contribution in [2.24, 2.45) is 11.8 Å². The average molecular weight is 185 g/mol. The first-order valence-corrected chi connectivity index (χ1v) is 4.90. The van der Waals surface area contributed by atoms with Crippen LogP contribution in [0.5, 0.6) is 0 Å². The highest BCUT2D eigenvalue weighted by atomic mass is 16.7. The maximum absolute atomic E-state index is 10.4. The number of carboxylic acid groups (broad SMARTS) is 1. The van der Waals surface area contributed by atoms with E-state index in [9.17, 15) is 4.79 Å². The number of fused-ring (bicyclic) bond motifs is 1. The lowest BCUT2D eigenvalue weighted by molar-refractivity contribution is 0.0140. The topological polar surface area (TPSA) is 58.6 Å². The van der Waals surface area contributed by atoms with Crippen LogP contribution in [0.15, 0.2) is 0 Å². The second kappa shape index (κ2) is 3.54. The van der Waals surface area contributed by atoms with Gasteiger partial charge < -0.3 is 9.84 Å². The van der Waals surface area contributed by atoms with Gasteiger partial charge in [-0.15, -0.1) is 0 Å². The third-order valence-corrected chi connectivity index (χ3v) is 3.17. The molecule has 4 heteroatoms. The summed E-state index contributed by atoms with van der Waals surface area (Å²) < 4.78 is 4.79. The summed E-state index contributed by atoms with van der Waals surface area (Å²) in [7, 11) is 0. The van der Waals surface area contributed by atoms with E-state index >= 15 is 0 Å². The molecule has 0 aromatic rings. The minimum atomic E-state index is -1.16. The zero-order valence-corrected chi connectivity index (χ0v) is 7.53. The van der Waals surface area contributed by atoms with Crippen molar-refractivity contribution >= 4 is 6.16 Å². The molecule has 74 valence electrons. The molecule has 0 bridgehead atoms. The molecule has 1 unspecified atom stereocenters. The van der Waals surface area contributed by atoms with Gasteiger partial charge in [-0.05, 0) is 18.8 Å². The molecular weight excluding hydrogens is 170 g/mol. The van der Waals surface area contributed by atoms with Gasteiger partial charge in [0.15, 0.2) is 6.23 Å². The van der Waals surface area contributed by atoms with Crippen molar-refractivity contribution in [3.8, 4) is 0 Å². The molecule has 4 nitrogen and oxygen atoms in total. The first kappa shape index (κ1) is 8.81. The van der Waals surface area contributed by atoms with Gasteiger partial charge in [0.1, 0.15) is 0 Å². The van der Waals surface area contributed by atoms with E-state index in [0.717, 1.165) is 13.0 Å². The highest BCUT2D eigenvalue weighted by Crippen LogP contribution is 2.36. The van der Waals surface area contributed by atoms with Crippen molar-refractivity contribution in [1.82, 2.24) is 5.32 Å². The van der Waals surface area contributed by atoms with E-state index in [2.05, 4.69) is 5.32 Å². The fraction of sp³-hybridized carbons (Fsp3) is 0.889. The van der Waals surface area contributed by atoms with Crippen molar-refractivity contribution in [2.45, 2.75) is 31.9 Å². The monoisotopic (exact) mass is 185 g/mol. The predicted molar refractivity (Wildman–Crippen MR) is 46.3 cm³/mol. The van der Waals surface area contributed by atoms with Crippen molar-refractivity contribution in [1.29, 1.82) is 0 Å². The summed E-state index contributed by atoms with van der Waals surface area (Å²) in [5.41, 5.74) is 0.